The number of aryl methyl sites for hydroxylation is 1. The average molecular weight is 326 g/mol. The number of nitrogens with zero attached hydrogens (tertiary/aromatic N) is 1. The minimum atomic E-state index is -0.0178. The van der Waals surface area contributed by atoms with E-state index in [9.17, 15) is 4.79 Å². The SMILES string of the molecule is COc1ccc(OC)c([C@@H]2C[C@@H]2C(=O)NCc2cccc(C)n2)c1. The third-order valence-corrected chi connectivity index (χ3v) is 4.35. The quantitative estimate of drug-likeness (QED) is 0.887. The highest BCUT2D eigenvalue weighted by Crippen LogP contribution is 2.51. The lowest BCUT2D eigenvalue weighted by Gasteiger charge is -2.10. The van der Waals surface area contributed by atoms with Gasteiger partial charge < -0.3 is 14.8 Å². The maximum atomic E-state index is 12.4. The number of hydrogen-bond donors (Lipinski definition) is 1. The fraction of sp³-hybridized carbons (Fsp3) is 0.368. The van der Waals surface area contributed by atoms with E-state index >= 15 is 0 Å². The molecule has 0 saturated heterocycles. The molecular weight excluding hydrogens is 304 g/mol. The van der Waals surface area contributed by atoms with Crippen LogP contribution in [0.15, 0.2) is 36.4 Å². The van der Waals surface area contributed by atoms with E-state index in [-0.39, 0.29) is 17.7 Å². The Kier molecular flexibility index (Phi) is 4.69. The predicted molar refractivity (Wildman–Crippen MR) is 91.2 cm³/mol. The van der Waals surface area contributed by atoms with Crippen molar-refractivity contribution in [1.29, 1.82) is 0 Å². The number of methoxy groups -OCH3 is 2. The highest BCUT2D eigenvalue weighted by molar-refractivity contribution is 5.83. The lowest BCUT2D eigenvalue weighted by atomic mass is 10.1. The van der Waals surface area contributed by atoms with Crippen LogP contribution in [0.3, 0.4) is 0 Å². The first kappa shape index (κ1) is 16.3. The molecule has 1 heterocycles. The highest BCUT2D eigenvalue weighted by Gasteiger charge is 2.45. The van der Waals surface area contributed by atoms with Crippen molar-refractivity contribution in [3.05, 3.63) is 53.3 Å². The van der Waals surface area contributed by atoms with E-state index in [2.05, 4.69) is 10.3 Å². The summed E-state index contributed by atoms with van der Waals surface area (Å²) in [5.74, 6) is 1.81. The number of rotatable bonds is 6. The van der Waals surface area contributed by atoms with Crippen LogP contribution < -0.4 is 14.8 Å². The summed E-state index contributed by atoms with van der Waals surface area (Å²) in [5.41, 5.74) is 2.86. The lowest BCUT2D eigenvalue weighted by Crippen LogP contribution is -2.25. The number of benzene rings is 1. The van der Waals surface area contributed by atoms with Gasteiger partial charge in [0.05, 0.1) is 26.5 Å². The smallest absolute Gasteiger partial charge is 0.224 e. The molecule has 2 aromatic rings. The van der Waals surface area contributed by atoms with Crippen LogP contribution in [0.5, 0.6) is 11.5 Å². The van der Waals surface area contributed by atoms with Gasteiger partial charge in [-0.3, -0.25) is 9.78 Å². The van der Waals surface area contributed by atoms with E-state index in [0.29, 0.717) is 6.54 Å². The number of amides is 1. The van der Waals surface area contributed by atoms with Crippen molar-refractivity contribution >= 4 is 5.91 Å². The molecule has 1 aliphatic rings. The zero-order chi connectivity index (χ0) is 17.1. The van der Waals surface area contributed by atoms with Gasteiger partial charge in [-0.1, -0.05) is 6.07 Å². The molecule has 0 spiro atoms. The summed E-state index contributed by atoms with van der Waals surface area (Å²) in [5, 5.41) is 2.98. The number of nitrogens with one attached hydrogen (secondary N) is 1. The van der Waals surface area contributed by atoms with E-state index in [0.717, 1.165) is 34.9 Å². The predicted octanol–water partition coefficient (Wildman–Crippen LogP) is 2.83. The zero-order valence-electron chi connectivity index (χ0n) is 14.2. The Hall–Kier alpha value is -2.56. The summed E-state index contributed by atoms with van der Waals surface area (Å²) < 4.78 is 10.7. The summed E-state index contributed by atoms with van der Waals surface area (Å²) in [6.45, 7) is 2.40. The summed E-state index contributed by atoms with van der Waals surface area (Å²) in [6.07, 6.45) is 0.830. The van der Waals surface area contributed by atoms with Crippen LogP contribution >= 0.6 is 0 Å². The van der Waals surface area contributed by atoms with Gasteiger partial charge >= 0.3 is 0 Å². The number of carbonyl (C=O) groups excluding carboxylic acids is 1. The molecule has 1 N–H and O–H groups in total. The van der Waals surface area contributed by atoms with Crippen molar-refractivity contribution in [2.45, 2.75) is 25.8 Å². The first-order valence-electron chi connectivity index (χ1n) is 8.04. The Morgan fingerprint density at radius 3 is 2.79 bits per heavy atom. The third kappa shape index (κ3) is 3.50. The molecular formula is C19H22N2O3. The van der Waals surface area contributed by atoms with Crippen LogP contribution in [0.1, 0.15) is 29.3 Å². The number of pyridine rings is 1. The second-order valence-corrected chi connectivity index (χ2v) is 6.04. The van der Waals surface area contributed by atoms with Gasteiger partial charge in [-0.15, -0.1) is 0 Å². The van der Waals surface area contributed by atoms with Crippen LogP contribution in [-0.4, -0.2) is 25.1 Å². The van der Waals surface area contributed by atoms with Crippen LogP contribution in [0.25, 0.3) is 0 Å². The Morgan fingerprint density at radius 1 is 1.25 bits per heavy atom. The standard InChI is InChI=1S/C19H22N2O3/c1-12-5-4-6-13(21-12)11-20-19(22)17-10-15(17)16-9-14(23-2)7-8-18(16)24-3/h4-9,15,17H,10-11H2,1-3H3,(H,20,22)/t15-,17-/m0/s1. The molecule has 1 saturated carbocycles. The van der Waals surface area contributed by atoms with Gasteiger partial charge in [0.2, 0.25) is 5.91 Å². The molecule has 1 aromatic carbocycles. The molecule has 2 atom stereocenters. The van der Waals surface area contributed by atoms with E-state index < -0.39 is 0 Å². The summed E-state index contributed by atoms with van der Waals surface area (Å²) in [4.78, 5) is 16.8. The van der Waals surface area contributed by atoms with E-state index in [1.54, 1.807) is 14.2 Å². The fourth-order valence-corrected chi connectivity index (χ4v) is 2.96. The molecule has 1 fully saturated rings. The van der Waals surface area contributed by atoms with Gasteiger partial charge in [-0.2, -0.15) is 0 Å². The van der Waals surface area contributed by atoms with Crippen LogP contribution in [0.2, 0.25) is 0 Å². The van der Waals surface area contributed by atoms with E-state index in [1.807, 2.05) is 43.3 Å². The van der Waals surface area contributed by atoms with Crippen molar-refractivity contribution in [1.82, 2.24) is 10.3 Å². The van der Waals surface area contributed by atoms with Crippen molar-refractivity contribution in [2.75, 3.05) is 14.2 Å². The largest absolute Gasteiger partial charge is 0.497 e. The van der Waals surface area contributed by atoms with E-state index in [4.69, 9.17) is 9.47 Å². The number of aromatic nitrogens is 1. The number of hydrogen-bond acceptors (Lipinski definition) is 4. The Bertz CT molecular complexity index is 745. The van der Waals surface area contributed by atoms with Crippen molar-refractivity contribution in [3.63, 3.8) is 0 Å². The molecule has 1 amide bonds. The van der Waals surface area contributed by atoms with Crippen LogP contribution in [0, 0.1) is 12.8 Å². The van der Waals surface area contributed by atoms with Crippen molar-refractivity contribution < 1.29 is 14.3 Å². The van der Waals surface area contributed by atoms with Gasteiger partial charge in [0.25, 0.3) is 0 Å². The normalized spacial score (nSPS) is 18.8. The first-order chi connectivity index (χ1) is 11.6. The first-order valence-corrected chi connectivity index (χ1v) is 8.04. The molecule has 5 nitrogen and oxygen atoms in total. The minimum Gasteiger partial charge on any atom is -0.497 e. The third-order valence-electron chi connectivity index (χ3n) is 4.35. The van der Waals surface area contributed by atoms with Crippen LogP contribution in [-0.2, 0) is 11.3 Å². The number of ether oxygens (including phenoxy) is 2. The zero-order valence-corrected chi connectivity index (χ0v) is 14.2. The molecule has 0 unspecified atom stereocenters. The maximum Gasteiger partial charge on any atom is 0.224 e. The second-order valence-electron chi connectivity index (χ2n) is 6.04. The highest BCUT2D eigenvalue weighted by atomic mass is 16.5. The Labute approximate surface area is 142 Å². The van der Waals surface area contributed by atoms with Gasteiger partial charge in [-0.05, 0) is 43.7 Å². The molecule has 0 radical (unpaired) electrons. The molecule has 0 bridgehead atoms. The average Bonchev–Trinajstić information content (AvgIpc) is 3.40. The van der Waals surface area contributed by atoms with Gasteiger partial charge in [0, 0.05) is 23.1 Å². The molecule has 0 aliphatic heterocycles. The monoisotopic (exact) mass is 326 g/mol. The Balaban J connectivity index is 1.63. The van der Waals surface area contributed by atoms with Crippen LogP contribution in [0.4, 0.5) is 0 Å². The maximum absolute atomic E-state index is 12.4. The fourth-order valence-electron chi connectivity index (χ4n) is 2.96. The molecule has 1 aliphatic carbocycles. The van der Waals surface area contributed by atoms with Gasteiger partial charge in [0.1, 0.15) is 11.5 Å². The molecule has 126 valence electrons. The number of carbonyl (C=O) groups is 1. The second kappa shape index (κ2) is 6.91. The lowest BCUT2D eigenvalue weighted by molar-refractivity contribution is -0.122. The topological polar surface area (TPSA) is 60.5 Å². The van der Waals surface area contributed by atoms with E-state index in [1.165, 1.54) is 0 Å². The van der Waals surface area contributed by atoms with Crippen molar-refractivity contribution in [3.8, 4) is 11.5 Å². The Morgan fingerprint density at radius 2 is 2.08 bits per heavy atom. The molecule has 3 rings (SSSR count). The summed E-state index contributed by atoms with van der Waals surface area (Å²) >= 11 is 0. The van der Waals surface area contributed by atoms with Gasteiger partial charge in [0.15, 0.2) is 0 Å². The molecule has 5 heteroatoms. The minimum absolute atomic E-state index is 0.0178. The molecule has 24 heavy (non-hydrogen) atoms. The van der Waals surface area contributed by atoms with Gasteiger partial charge in [-0.25, -0.2) is 0 Å². The summed E-state index contributed by atoms with van der Waals surface area (Å²) in [7, 11) is 3.28. The summed E-state index contributed by atoms with van der Waals surface area (Å²) in [6, 6.07) is 11.5. The molecule has 1 aromatic heterocycles. The van der Waals surface area contributed by atoms with Crippen molar-refractivity contribution in [2.24, 2.45) is 5.92 Å².